The molecule has 0 atom stereocenters. The van der Waals surface area contributed by atoms with Gasteiger partial charge in [-0.3, -0.25) is 18.7 Å². The van der Waals surface area contributed by atoms with Crippen molar-refractivity contribution in [3.63, 3.8) is 0 Å². The lowest BCUT2D eigenvalue weighted by Gasteiger charge is -2.16. The van der Waals surface area contributed by atoms with E-state index in [1.807, 2.05) is 6.92 Å². The third kappa shape index (κ3) is 9.58. The third-order valence-corrected chi connectivity index (χ3v) is 8.83. The third-order valence-electron chi connectivity index (χ3n) is 6.60. The van der Waals surface area contributed by atoms with Crippen molar-refractivity contribution in [2.75, 3.05) is 46.7 Å². The van der Waals surface area contributed by atoms with Crippen LogP contribution in [0.25, 0.3) is 6.08 Å². The number of imide groups is 1. The van der Waals surface area contributed by atoms with E-state index in [4.69, 9.17) is 28.4 Å². The summed E-state index contributed by atoms with van der Waals surface area (Å²) >= 11 is 0.715. The monoisotopic (exact) mass is 706 g/mol. The van der Waals surface area contributed by atoms with E-state index in [1.54, 1.807) is 18.2 Å². The van der Waals surface area contributed by atoms with Gasteiger partial charge < -0.3 is 18.9 Å². The predicted octanol–water partition coefficient (Wildman–Crippen LogP) is 6.16. The first kappa shape index (κ1) is 36.4. The average molecular weight is 707 g/mol. The number of hydrogen-bond acceptors (Lipinski definition) is 11. The van der Waals surface area contributed by atoms with Crippen LogP contribution in [0.15, 0.2) is 70.5 Å². The fourth-order valence-corrected chi connectivity index (χ4v) is 5.94. The Bertz CT molecular complexity index is 1820. The maximum atomic E-state index is 13.6. The van der Waals surface area contributed by atoms with Crippen molar-refractivity contribution in [3.05, 3.63) is 87.8 Å². The fourth-order valence-electron chi connectivity index (χ4n) is 4.18. The summed E-state index contributed by atoms with van der Waals surface area (Å²) in [5, 5.41) is 8.47. The molecule has 1 aliphatic heterocycles. The van der Waals surface area contributed by atoms with Crippen LogP contribution >= 0.6 is 11.8 Å². The topological polar surface area (TPSA) is 141 Å². The lowest BCUT2D eigenvalue weighted by atomic mass is 10.1. The molecule has 0 spiro atoms. The Hall–Kier alpha value is -4.40. The molecule has 4 rings (SSSR count). The first-order valence-electron chi connectivity index (χ1n) is 14.2. The zero-order valence-corrected chi connectivity index (χ0v) is 27.2. The average Bonchev–Trinajstić information content (AvgIpc) is 3.31. The molecular formula is C32H29F3N2O9S2. The second kappa shape index (κ2) is 16.1. The SMILES string of the molecule is COc1cc(C=C2SC(=O)N(CCOCCOCCOS(=O)(=O)c3ccc(C)cc3)C2=O)ccc1Oc1ccc(C#N)cc1C(F)(F)F. The van der Waals surface area contributed by atoms with Crippen molar-refractivity contribution in [3.8, 4) is 23.3 Å². The van der Waals surface area contributed by atoms with Crippen LogP contribution in [-0.2, 0) is 34.7 Å². The van der Waals surface area contributed by atoms with Crippen LogP contribution in [0.3, 0.4) is 0 Å². The van der Waals surface area contributed by atoms with Crippen LogP contribution in [0.5, 0.6) is 17.2 Å². The summed E-state index contributed by atoms with van der Waals surface area (Å²) < 4.78 is 91.5. The van der Waals surface area contributed by atoms with Crippen LogP contribution in [0.1, 0.15) is 22.3 Å². The van der Waals surface area contributed by atoms with Crippen molar-refractivity contribution in [2.24, 2.45) is 0 Å². The summed E-state index contributed by atoms with van der Waals surface area (Å²) in [5.74, 6) is -1.06. The molecule has 254 valence electrons. The lowest BCUT2D eigenvalue weighted by Crippen LogP contribution is -2.31. The van der Waals surface area contributed by atoms with E-state index in [1.165, 1.54) is 49.6 Å². The molecule has 0 bridgehead atoms. The zero-order chi connectivity index (χ0) is 34.9. The number of aryl methyl sites for hydroxylation is 1. The Balaban J connectivity index is 1.24. The van der Waals surface area contributed by atoms with Gasteiger partial charge in [0.15, 0.2) is 11.5 Å². The van der Waals surface area contributed by atoms with Crippen LogP contribution in [-0.4, -0.2) is 71.2 Å². The Kier molecular flexibility index (Phi) is 12.2. The van der Waals surface area contributed by atoms with Crippen molar-refractivity contribution in [1.29, 1.82) is 5.26 Å². The molecular weight excluding hydrogens is 677 g/mol. The van der Waals surface area contributed by atoms with Gasteiger partial charge in [0.25, 0.3) is 21.3 Å². The highest BCUT2D eigenvalue weighted by molar-refractivity contribution is 8.18. The molecule has 16 heteroatoms. The molecule has 1 fully saturated rings. The van der Waals surface area contributed by atoms with E-state index in [0.717, 1.165) is 16.5 Å². The van der Waals surface area contributed by atoms with Gasteiger partial charge in [-0.15, -0.1) is 0 Å². The normalized spacial score (nSPS) is 14.4. The van der Waals surface area contributed by atoms with Crippen molar-refractivity contribution < 1.29 is 54.3 Å². The van der Waals surface area contributed by atoms with Crippen molar-refractivity contribution in [2.45, 2.75) is 18.0 Å². The standard InChI is InChI=1S/C32H29F3N2O9S2/c1-21-3-7-24(8-4-21)48(40,41)45-16-15-44-14-13-43-12-11-37-30(38)29(47-31(37)39)19-22-5-10-27(28(18-22)42-2)46-26-9-6-23(20-36)17-25(26)32(33,34)35/h3-10,17-19H,11-16H2,1-2H3. The number of amides is 2. The summed E-state index contributed by atoms with van der Waals surface area (Å²) in [6.07, 6.45) is -3.34. The predicted molar refractivity (Wildman–Crippen MR) is 168 cm³/mol. The van der Waals surface area contributed by atoms with Crippen LogP contribution in [0.4, 0.5) is 18.0 Å². The number of carbonyl (C=O) groups excluding carboxylic acids is 2. The first-order valence-corrected chi connectivity index (χ1v) is 16.4. The molecule has 2 amide bonds. The minimum absolute atomic E-state index is 0.00423. The number of halogens is 3. The van der Waals surface area contributed by atoms with E-state index in [9.17, 15) is 31.2 Å². The summed E-state index contributed by atoms with van der Waals surface area (Å²) in [4.78, 5) is 26.6. The fraction of sp³-hybridized carbons (Fsp3) is 0.281. The molecule has 1 saturated heterocycles. The van der Waals surface area contributed by atoms with Gasteiger partial charge in [-0.1, -0.05) is 23.8 Å². The molecule has 0 aromatic heterocycles. The van der Waals surface area contributed by atoms with E-state index in [2.05, 4.69) is 0 Å². The van der Waals surface area contributed by atoms with E-state index >= 15 is 0 Å². The van der Waals surface area contributed by atoms with Gasteiger partial charge in [0.1, 0.15) is 5.75 Å². The largest absolute Gasteiger partial charge is 0.493 e. The van der Waals surface area contributed by atoms with Crippen LogP contribution in [0.2, 0.25) is 0 Å². The number of alkyl halides is 3. The summed E-state index contributed by atoms with van der Waals surface area (Å²) in [6, 6.07) is 15.1. The number of benzene rings is 3. The van der Waals surface area contributed by atoms with Crippen molar-refractivity contribution >= 4 is 39.1 Å². The second-order valence-electron chi connectivity index (χ2n) is 9.98. The molecule has 1 heterocycles. The van der Waals surface area contributed by atoms with E-state index < -0.39 is 38.8 Å². The van der Waals surface area contributed by atoms with Crippen molar-refractivity contribution in [1.82, 2.24) is 4.90 Å². The molecule has 1 aliphatic rings. The molecule has 3 aromatic rings. The number of ether oxygens (including phenoxy) is 4. The zero-order valence-electron chi connectivity index (χ0n) is 25.6. The number of hydrogen-bond donors (Lipinski definition) is 0. The summed E-state index contributed by atoms with van der Waals surface area (Å²) in [7, 11) is -2.60. The Morgan fingerprint density at radius 2 is 1.56 bits per heavy atom. The van der Waals surface area contributed by atoms with E-state index in [-0.39, 0.29) is 66.4 Å². The highest BCUT2D eigenvalue weighted by Crippen LogP contribution is 2.41. The molecule has 3 aromatic carbocycles. The minimum atomic E-state index is -4.78. The Morgan fingerprint density at radius 3 is 2.23 bits per heavy atom. The smallest absolute Gasteiger partial charge is 0.420 e. The lowest BCUT2D eigenvalue weighted by molar-refractivity contribution is -0.138. The van der Waals surface area contributed by atoms with Gasteiger partial charge in [-0.05, 0) is 72.8 Å². The number of rotatable bonds is 15. The maximum absolute atomic E-state index is 13.6. The number of thioether (sulfide) groups is 1. The molecule has 0 N–H and O–H groups in total. The van der Waals surface area contributed by atoms with Gasteiger partial charge in [-0.2, -0.15) is 26.9 Å². The number of nitrogens with zero attached hydrogens (tertiary/aromatic N) is 2. The quantitative estimate of drug-likeness (QED) is 0.102. The van der Waals surface area contributed by atoms with Gasteiger partial charge in [0, 0.05) is 0 Å². The number of carbonyl (C=O) groups is 2. The van der Waals surface area contributed by atoms with Gasteiger partial charge >= 0.3 is 6.18 Å². The van der Waals surface area contributed by atoms with Crippen LogP contribution in [0, 0.1) is 18.3 Å². The first-order chi connectivity index (χ1) is 22.8. The molecule has 11 nitrogen and oxygen atoms in total. The van der Waals surface area contributed by atoms with E-state index in [0.29, 0.717) is 23.4 Å². The second-order valence-corrected chi connectivity index (χ2v) is 12.6. The van der Waals surface area contributed by atoms with Gasteiger partial charge in [0.2, 0.25) is 0 Å². The molecule has 48 heavy (non-hydrogen) atoms. The minimum Gasteiger partial charge on any atom is -0.493 e. The molecule has 0 aliphatic carbocycles. The Morgan fingerprint density at radius 1 is 0.896 bits per heavy atom. The summed E-state index contributed by atoms with van der Waals surface area (Å²) in [6.45, 7) is 1.91. The molecule has 0 radical (unpaired) electrons. The maximum Gasteiger partial charge on any atom is 0.420 e. The Labute approximate surface area is 278 Å². The highest BCUT2D eigenvalue weighted by Gasteiger charge is 2.36. The van der Waals surface area contributed by atoms with Gasteiger partial charge in [-0.25, -0.2) is 0 Å². The molecule has 0 saturated carbocycles. The van der Waals surface area contributed by atoms with Crippen LogP contribution < -0.4 is 9.47 Å². The number of nitriles is 1. The molecule has 0 unspecified atom stereocenters. The highest BCUT2D eigenvalue weighted by atomic mass is 32.2. The van der Waals surface area contributed by atoms with Gasteiger partial charge in [0.05, 0.1) is 73.7 Å². The summed E-state index contributed by atoms with van der Waals surface area (Å²) in [5.41, 5.74) is 0.0269. The number of methoxy groups -OCH3 is 1.